The van der Waals surface area contributed by atoms with Crippen molar-refractivity contribution < 1.29 is 4.79 Å². The zero-order chi connectivity index (χ0) is 17.9. The van der Waals surface area contributed by atoms with Crippen LogP contribution in [0.5, 0.6) is 0 Å². The average molecular weight is 344 g/mol. The minimum Gasteiger partial charge on any atom is -0.325 e. The Balaban J connectivity index is 1.46. The lowest BCUT2D eigenvalue weighted by atomic mass is 10.2. The van der Waals surface area contributed by atoms with Crippen molar-refractivity contribution in [3.05, 3.63) is 76.8 Å². The van der Waals surface area contributed by atoms with Crippen molar-refractivity contribution in [3.8, 4) is 0 Å². The maximum atomic E-state index is 12.2. The van der Waals surface area contributed by atoms with E-state index in [4.69, 9.17) is 0 Å². The van der Waals surface area contributed by atoms with Crippen molar-refractivity contribution in [2.45, 2.75) is 12.8 Å². The number of aromatic amines is 1. The van der Waals surface area contributed by atoms with Crippen molar-refractivity contribution in [1.29, 1.82) is 0 Å². The largest absolute Gasteiger partial charge is 0.325 e. The smallest absolute Gasteiger partial charge is 0.270 e. The van der Waals surface area contributed by atoms with Crippen LogP contribution in [0.2, 0.25) is 0 Å². The molecule has 128 valence electrons. The molecule has 2 N–H and O–H groups in total. The highest BCUT2D eigenvalue weighted by molar-refractivity contribution is 5.93. The Hall–Kier alpha value is -3.54. The molecule has 6 heteroatoms. The molecule has 4 aromatic rings. The van der Waals surface area contributed by atoms with Gasteiger partial charge in [0.05, 0.1) is 28.4 Å². The lowest BCUT2D eigenvalue weighted by Gasteiger charge is -2.06. The fourth-order valence-electron chi connectivity index (χ4n) is 2.83. The number of para-hydroxylation sites is 3. The number of rotatable bonds is 4. The van der Waals surface area contributed by atoms with Gasteiger partial charge in [0.25, 0.3) is 5.56 Å². The van der Waals surface area contributed by atoms with E-state index >= 15 is 0 Å². The molecule has 2 aromatic carbocycles. The number of anilines is 1. The molecular weight excluding hydrogens is 328 g/mol. The number of carbonyl (C=O) groups excluding carboxylic acids is 1. The Morgan fingerprint density at radius 2 is 1.81 bits per heavy atom. The first-order valence-corrected chi connectivity index (χ1v) is 8.32. The number of aryl methyl sites for hydroxylation is 1. The Morgan fingerprint density at radius 3 is 2.69 bits per heavy atom. The summed E-state index contributed by atoms with van der Waals surface area (Å²) in [5.41, 5.74) is 3.00. The van der Waals surface area contributed by atoms with E-state index in [2.05, 4.69) is 20.3 Å². The number of hydrogen-bond acceptors (Lipinski definition) is 4. The molecule has 4 rings (SSSR count). The summed E-state index contributed by atoms with van der Waals surface area (Å²) < 4.78 is 0. The van der Waals surface area contributed by atoms with Crippen LogP contribution in [0.4, 0.5) is 5.69 Å². The zero-order valence-electron chi connectivity index (χ0n) is 13.9. The Labute approximate surface area is 148 Å². The molecule has 0 aliphatic heterocycles. The first-order chi connectivity index (χ1) is 12.7. The fraction of sp³-hybridized carbons (Fsp3) is 0.100. The predicted octanol–water partition coefficient (Wildman–Crippen LogP) is 3.04. The summed E-state index contributed by atoms with van der Waals surface area (Å²) >= 11 is 0. The summed E-state index contributed by atoms with van der Waals surface area (Å²) in [5, 5.41) is 3.78. The number of aromatic nitrogens is 3. The molecule has 0 unspecified atom stereocenters. The van der Waals surface area contributed by atoms with Gasteiger partial charge in [-0.05, 0) is 24.3 Å². The maximum Gasteiger partial charge on any atom is 0.270 e. The normalized spacial score (nSPS) is 10.9. The van der Waals surface area contributed by atoms with E-state index < -0.39 is 0 Å². The molecule has 0 aliphatic rings. The standard InChI is InChI=1S/C20H16N4O2/c25-19(22-14-11-13-5-1-2-6-15(13)21-12-14)10-9-18-20(26)24-17-8-4-3-7-16(17)23-18/h1-8,11-12H,9-10H2,(H,22,25)(H,24,26). The van der Waals surface area contributed by atoms with Crippen LogP contribution in [0.3, 0.4) is 0 Å². The summed E-state index contributed by atoms with van der Waals surface area (Å²) in [6.45, 7) is 0. The second-order valence-electron chi connectivity index (χ2n) is 5.99. The molecule has 0 spiro atoms. The number of benzene rings is 2. The van der Waals surface area contributed by atoms with Gasteiger partial charge in [-0.1, -0.05) is 30.3 Å². The Bertz CT molecular complexity index is 1170. The van der Waals surface area contributed by atoms with E-state index in [-0.39, 0.29) is 24.3 Å². The second-order valence-corrected chi connectivity index (χ2v) is 5.99. The molecule has 2 aromatic heterocycles. The number of H-pyrrole nitrogens is 1. The minimum absolute atomic E-state index is 0.168. The van der Waals surface area contributed by atoms with E-state index in [1.165, 1.54) is 0 Å². The number of nitrogens with zero attached hydrogens (tertiary/aromatic N) is 2. The third-order valence-corrected chi connectivity index (χ3v) is 4.13. The van der Waals surface area contributed by atoms with Crippen LogP contribution in [0.1, 0.15) is 12.1 Å². The van der Waals surface area contributed by atoms with E-state index in [0.717, 1.165) is 10.9 Å². The van der Waals surface area contributed by atoms with E-state index in [1.807, 2.05) is 48.5 Å². The van der Waals surface area contributed by atoms with Gasteiger partial charge in [0.2, 0.25) is 5.91 Å². The lowest BCUT2D eigenvalue weighted by molar-refractivity contribution is -0.116. The Kier molecular flexibility index (Phi) is 4.15. The summed E-state index contributed by atoms with van der Waals surface area (Å²) in [5.74, 6) is -0.184. The third kappa shape index (κ3) is 3.30. The van der Waals surface area contributed by atoms with Gasteiger partial charge in [0, 0.05) is 18.2 Å². The average Bonchev–Trinajstić information content (AvgIpc) is 2.66. The molecule has 0 fully saturated rings. The Morgan fingerprint density at radius 1 is 1.04 bits per heavy atom. The van der Waals surface area contributed by atoms with Gasteiger partial charge in [-0.2, -0.15) is 0 Å². The summed E-state index contributed by atoms with van der Waals surface area (Å²) in [6, 6.07) is 16.9. The molecular formula is C20H16N4O2. The van der Waals surface area contributed by atoms with Gasteiger partial charge in [-0.3, -0.25) is 14.6 Å². The zero-order valence-corrected chi connectivity index (χ0v) is 13.9. The highest BCUT2D eigenvalue weighted by Crippen LogP contribution is 2.16. The van der Waals surface area contributed by atoms with E-state index in [9.17, 15) is 9.59 Å². The lowest BCUT2D eigenvalue weighted by Crippen LogP contribution is -2.19. The number of nitrogens with one attached hydrogen (secondary N) is 2. The maximum absolute atomic E-state index is 12.2. The van der Waals surface area contributed by atoms with Crippen LogP contribution < -0.4 is 10.9 Å². The number of pyridine rings is 1. The van der Waals surface area contributed by atoms with Gasteiger partial charge in [0.1, 0.15) is 5.69 Å². The predicted molar refractivity (Wildman–Crippen MR) is 101 cm³/mol. The monoisotopic (exact) mass is 344 g/mol. The van der Waals surface area contributed by atoms with Gasteiger partial charge in [-0.15, -0.1) is 0 Å². The van der Waals surface area contributed by atoms with Crippen molar-refractivity contribution in [3.63, 3.8) is 0 Å². The molecule has 26 heavy (non-hydrogen) atoms. The number of hydrogen-bond donors (Lipinski definition) is 2. The van der Waals surface area contributed by atoms with Gasteiger partial charge >= 0.3 is 0 Å². The molecule has 6 nitrogen and oxygen atoms in total. The second kappa shape index (κ2) is 6.76. The first-order valence-electron chi connectivity index (χ1n) is 8.32. The highest BCUT2D eigenvalue weighted by atomic mass is 16.1. The SMILES string of the molecule is O=C(CCc1nc2ccccc2[nH]c1=O)Nc1cnc2ccccc2c1. The van der Waals surface area contributed by atoms with Crippen LogP contribution >= 0.6 is 0 Å². The first kappa shape index (κ1) is 16.0. The fourth-order valence-corrected chi connectivity index (χ4v) is 2.83. The highest BCUT2D eigenvalue weighted by Gasteiger charge is 2.09. The summed E-state index contributed by atoms with van der Waals surface area (Å²) in [6.07, 6.45) is 2.07. The van der Waals surface area contributed by atoms with Crippen LogP contribution in [0.25, 0.3) is 21.9 Å². The quantitative estimate of drug-likeness (QED) is 0.596. The topological polar surface area (TPSA) is 87.7 Å². The molecule has 0 saturated carbocycles. The summed E-state index contributed by atoms with van der Waals surface area (Å²) in [7, 11) is 0. The van der Waals surface area contributed by atoms with Crippen LogP contribution in [0, 0.1) is 0 Å². The molecule has 0 saturated heterocycles. The van der Waals surface area contributed by atoms with E-state index in [1.54, 1.807) is 12.3 Å². The minimum atomic E-state index is -0.260. The van der Waals surface area contributed by atoms with Crippen LogP contribution in [-0.4, -0.2) is 20.9 Å². The summed E-state index contributed by atoms with van der Waals surface area (Å²) in [4.78, 5) is 35.8. The number of carbonyl (C=O) groups is 1. The van der Waals surface area contributed by atoms with Gasteiger partial charge in [0.15, 0.2) is 0 Å². The molecule has 0 radical (unpaired) electrons. The van der Waals surface area contributed by atoms with Gasteiger partial charge < -0.3 is 10.3 Å². The molecule has 0 bridgehead atoms. The molecule has 2 heterocycles. The van der Waals surface area contributed by atoms with Crippen molar-refractivity contribution in [2.24, 2.45) is 0 Å². The number of amides is 1. The van der Waals surface area contributed by atoms with Gasteiger partial charge in [-0.25, -0.2) is 4.98 Å². The molecule has 0 aliphatic carbocycles. The number of fused-ring (bicyclic) bond motifs is 2. The van der Waals surface area contributed by atoms with Crippen LogP contribution in [0.15, 0.2) is 65.6 Å². The van der Waals surface area contributed by atoms with Crippen molar-refractivity contribution in [2.75, 3.05) is 5.32 Å². The van der Waals surface area contributed by atoms with Crippen molar-refractivity contribution in [1.82, 2.24) is 15.0 Å². The molecule has 1 amide bonds. The van der Waals surface area contributed by atoms with Crippen molar-refractivity contribution >= 4 is 33.5 Å². The molecule has 0 atom stereocenters. The van der Waals surface area contributed by atoms with Crippen LogP contribution in [-0.2, 0) is 11.2 Å². The van der Waals surface area contributed by atoms with E-state index in [0.29, 0.717) is 22.4 Å². The third-order valence-electron chi connectivity index (χ3n) is 4.13.